The van der Waals surface area contributed by atoms with Crippen LogP contribution in [0.15, 0.2) is 0 Å². The molecular formula is C13H21NO2. The van der Waals surface area contributed by atoms with Crippen LogP contribution in [0, 0.1) is 11.8 Å². The van der Waals surface area contributed by atoms with Gasteiger partial charge in [-0.2, -0.15) is 0 Å². The number of ether oxygens (including phenoxy) is 1. The topological polar surface area (TPSA) is 38.3 Å². The third-order valence-corrected chi connectivity index (χ3v) is 4.67. The maximum atomic E-state index is 11.5. The van der Waals surface area contributed by atoms with Crippen molar-refractivity contribution in [3.63, 3.8) is 0 Å². The first kappa shape index (κ1) is 10.7. The van der Waals surface area contributed by atoms with Crippen molar-refractivity contribution >= 4 is 5.78 Å². The van der Waals surface area contributed by atoms with Crippen molar-refractivity contribution in [2.45, 2.75) is 50.2 Å². The van der Waals surface area contributed by atoms with Crippen molar-refractivity contribution < 1.29 is 9.53 Å². The van der Waals surface area contributed by atoms with E-state index in [-0.39, 0.29) is 5.54 Å². The average molecular weight is 223 g/mol. The Balaban J connectivity index is 1.60. The fourth-order valence-corrected chi connectivity index (χ4v) is 3.47. The van der Waals surface area contributed by atoms with Crippen LogP contribution in [0.2, 0.25) is 0 Å². The minimum atomic E-state index is 0.0747. The van der Waals surface area contributed by atoms with Crippen LogP contribution in [0.1, 0.15) is 38.5 Å². The molecule has 0 bridgehead atoms. The summed E-state index contributed by atoms with van der Waals surface area (Å²) in [6.07, 6.45) is 6.71. The fourth-order valence-electron chi connectivity index (χ4n) is 3.47. The number of nitrogens with one attached hydrogen (secondary N) is 1. The summed E-state index contributed by atoms with van der Waals surface area (Å²) in [5.74, 6) is 1.79. The molecule has 0 aromatic heterocycles. The van der Waals surface area contributed by atoms with Gasteiger partial charge in [0.1, 0.15) is 5.78 Å². The van der Waals surface area contributed by atoms with Gasteiger partial charge < -0.3 is 10.1 Å². The van der Waals surface area contributed by atoms with E-state index in [1.54, 1.807) is 0 Å². The van der Waals surface area contributed by atoms with Crippen molar-refractivity contribution in [1.82, 2.24) is 5.32 Å². The predicted octanol–water partition coefficient (Wildman–Crippen LogP) is 1.51. The minimum Gasteiger partial charge on any atom is -0.378 e. The van der Waals surface area contributed by atoms with E-state index < -0.39 is 0 Å². The van der Waals surface area contributed by atoms with Gasteiger partial charge in [-0.05, 0) is 44.6 Å². The van der Waals surface area contributed by atoms with Gasteiger partial charge in [0.2, 0.25) is 0 Å². The Morgan fingerprint density at radius 1 is 1.50 bits per heavy atom. The second kappa shape index (κ2) is 3.81. The Morgan fingerprint density at radius 3 is 2.94 bits per heavy atom. The minimum absolute atomic E-state index is 0.0747. The molecule has 90 valence electrons. The van der Waals surface area contributed by atoms with Crippen molar-refractivity contribution in [2.75, 3.05) is 13.7 Å². The molecule has 3 rings (SSSR count). The zero-order chi connectivity index (χ0) is 11.2. The van der Waals surface area contributed by atoms with Gasteiger partial charge in [0.15, 0.2) is 0 Å². The first-order chi connectivity index (χ1) is 7.72. The number of carbonyl (C=O) groups excluding carboxylic acids is 1. The van der Waals surface area contributed by atoms with Gasteiger partial charge in [-0.25, -0.2) is 0 Å². The van der Waals surface area contributed by atoms with E-state index in [9.17, 15) is 4.79 Å². The lowest BCUT2D eigenvalue weighted by Crippen LogP contribution is -2.43. The SMILES string of the molecule is CNC12CC(=O)CC1CC(OCC1CC1)C2. The standard InChI is InChI=1S/C13H21NO2/c1-14-13-6-11(15)4-10(13)5-12(7-13)16-8-9-2-3-9/h9-10,12,14H,2-8H2,1H3. The maximum Gasteiger partial charge on any atom is 0.135 e. The lowest BCUT2D eigenvalue weighted by atomic mass is 9.91. The molecule has 0 aromatic carbocycles. The molecule has 0 heterocycles. The predicted molar refractivity (Wildman–Crippen MR) is 61.2 cm³/mol. The molecule has 1 N–H and O–H groups in total. The Morgan fingerprint density at radius 2 is 2.31 bits per heavy atom. The number of ketones is 1. The van der Waals surface area contributed by atoms with Crippen molar-refractivity contribution in [3.05, 3.63) is 0 Å². The van der Waals surface area contributed by atoms with Crippen LogP contribution < -0.4 is 5.32 Å². The monoisotopic (exact) mass is 223 g/mol. The lowest BCUT2D eigenvalue weighted by Gasteiger charge is -2.27. The van der Waals surface area contributed by atoms with E-state index in [1.807, 2.05) is 7.05 Å². The maximum absolute atomic E-state index is 11.5. The summed E-state index contributed by atoms with van der Waals surface area (Å²) in [6.45, 7) is 0.950. The smallest absolute Gasteiger partial charge is 0.135 e. The van der Waals surface area contributed by atoms with Crippen LogP contribution in [0.5, 0.6) is 0 Å². The van der Waals surface area contributed by atoms with Gasteiger partial charge >= 0.3 is 0 Å². The van der Waals surface area contributed by atoms with Crippen LogP contribution in [-0.2, 0) is 9.53 Å². The molecule has 3 fully saturated rings. The number of fused-ring (bicyclic) bond motifs is 1. The van der Waals surface area contributed by atoms with E-state index in [0.717, 1.165) is 38.2 Å². The zero-order valence-corrected chi connectivity index (χ0v) is 10.00. The Hall–Kier alpha value is -0.410. The van der Waals surface area contributed by atoms with Gasteiger partial charge in [-0.3, -0.25) is 4.79 Å². The molecule has 3 aliphatic carbocycles. The summed E-state index contributed by atoms with van der Waals surface area (Å²) in [4.78, 5) is 11.5. The van der Waals surface area contributed by atoms with Gasteiger partial charge in [-0.15, -0.1) is 0 Å². The second-order valence-electron chi connectivity index (χ2n) is 5.86. The number of hydrogen-bond donors (Lipinski definition) is 1. The molecule has 0 spiro atoms. The Labute approximate surface area is 96.9 Å². The third-order valence-electron chi connectivity index (χ3n) is 4.67. The van der Waals surface area contributed by atoms with E-state index in [2.05, 4.69) is 5.32 Å². The normalized spacial score (nSPS) is 42.7. The van der Waals surface area contributed by atoms with Gasteiger partial charge in [0, 0.05) is 25.0 Å². The van der Waals surface area contributed by atoms with Crippen molar-refractivity contribution in [2.24, 2.45) is 11.8 Å². The van der Waals surface area contributed by atoms with Crippen LogP contribution in [0.25, 0.3) is 0 Å². The summed E-state index contributed by atoms with van der Waals surface area (Å²) in [6, 6.07) is 0. The molecular weight excluding hydrogens is 202 g/mol. The first-order valence-corrected chi connectivity index (χ1v) is 6.54. The lowest BCUT2D eigenvalue weighted by molar-refractivity contribution is -0.118. The summed E-state index contributed by atoms with van der Waals surface area (Å²) < 4.78 is 5.97. The highest BCUT2D eigenvalue weighted by molar-refractivity contribution is 5.83. The second-order valence-corrected chi connectivity index (χ2v) is 5.86. The molecule has 3 aliphatic rings. The summed E-state index contributed by atoms with van der Waals surface area (Å²) in [7, 11) is 1.99. The molecule has 3 unspecified atom stereocenters. The van der Waals surface area contributed by atoms with Gasteiger partial charge in [0.25, 0.3) is 0 Å². The molecule has 3 saturated carbocycles. The number of Topliss-reactive ketones (excluding diaryl/α,β-unsaturated/α-hetero) is 1. The first-order valence-electron chi connectivity index (χ1n) is 6.54. The molecule has 0 saturated heterocycles. The van der Waals surface area contributed by atoms with Crippen LogP contribution >= 0.6 is 0 Å². The largest absolute Gasteiger partial charge is 0.378 e. The molecule has 0 aliphatic heterocycles. The van der Waals surface area contributed by atoms with E-state index >= 15 is 0 Å². The average Bonchev–Trinajstić information content (AvgIpc) is 2.94. The molecule has 3 nitrogen and oxygen atoms in total. The highest BCUT2D eigenvalue weighted by Gasteiger charge is 2.52. The molecule has 16 heavy (non-hydrogen) atoms. The summed E-state index contributed by atoms with van der Waals surface area (Å²) in [5.41, 5.74) is 0.0747. The number of rotatable bonds is 4. The number of carbonyl (C=O) groups is 1. The van der Waals surface area contributed by atoms with Crippen molar-refractivity contribution in [1.29, 1.82) is 0 Å². The quantitative estimate of drug-likeness (QED) is 0.785. The molecule has 3 heteroatoms. The number of hydrogen-bond acceptors (Lipinski definition) is 3. The summed E-state index contributed by atoms with van der Waals surface area (Å²) >= 11 is 0. The Kier molecular flexibility index (Phi) is 2.55. The van der Waals surface area contributed by atoms with E-state index in [1.165, 1.54) is 12.8 Å². The van der Waals surface area contributed by atoms with E-state index in [0.29, 0.717) is 17.8 Å². The van der Waals surface area contributed by atoms with Crippen LogP contribution in [0.4, 0.5) is 0 Å². The van der Waals surface area contributed by atoms with Crippen LogP contribution in [-0.4, -0.2) is 31.1 Å². The fraction of sp³-hybridized carbons (Fsp3) is 0.923. The van der Waals surface area contributed by atoms with E-state index in [4.69, 9.17) is 4.74 Å². The highest BCUT2D eigenvalue weighted by Crippen LogP contribution is 2.47. The summed E-state index contributed by atoms with van der Waals surface area (Å²) in [5, 5.41) is 3.40. The molecule has 3 atom stereocenters. The molecule has 0 amide bonds. The molecule has 0 radical (unpaired) electrons. The zero-order valence-electron chi connectivity index (χ0n) is 10.00. The van der Waals surface area contributed by atoms with Gasteiger partial charge in [0.05, 0.1) is 6.10 Å². The Bertz CT molecular complexity index is 300. The third kappa shape index (κ3) is 1.80. The highest BCUT2D eigenvalue weighted by atomic mass is 16.5. The van der Waals surface area contributed by atoms with Crippen LogP contribution in [0.3, 0.4) is 0 Å². The molecule has 0 aromatic rings. The van der Waals surface area contributed by atoms with Gasteiger partial charge in [-0.1, -0.05) is 0 Å². The van der Waals surface area contributed by atoms with Crippen molar-refractivity contribution in [3.8, 4) is 0 Å².